The fourth-order valence-electron chi connectivity index (χ4n) is 4.29. The molecule has 1 unspecified atom stereocenters. The lowest BCUT2D eigenvalue weighted by atomic mass is 9.95. The molecule has 0 spiro atoms. The van der Waals surface area contributed by atoms with Gasteiger partial charge in [-0.15, -0.1) is 0 Å². The van der Waals surface area contributed by atoms with Gasteiger partial charge < -0.3 is 15.1 Å². The number of benzene rings is 2. The molecule has 0 radical (unpaired) electrons. The molecule has 3 heterocycles. The molecule has 7 nitrogen and oxygen atoms in total. The van der Waals surface area contributed by atoms with E-state index in [2.05, 4.69) is 50.8 Å². The standard InChI is InChI=1S/C28H24N6OS/c1-17-23(24(19-10-5-3-6-11-19)25(31-17)20-12-7-4-8-13-20)18(2)33-34-28-32-27(30)21(16-29)26(36-28)22-14-9-15-35-22/h3-15,26,31H,30H2,1-2H3,(H,32,34)/b33-18+. The molecular formula is C28H24N6OS. The minimum Gasteiger partial charge on any atom is -0.468 e. The van der Waals surface area contributed by atoms with Crippen LogP contribution in [0.2, 0.25) is 0 Å². The first-order chi connectivity index (χ1) is 17.6. The molecule has 4 N–H and O–H groups in total. The van der Waals surface area contributed by atoms with Crippen molar-refractivity contribution in [3.63, 3.8) is 0 Å². The van der Waals surface area contributed by atoms with Gasteiger partial charge >= 0.3 is 0 Å². The topological polar surface area (TPSA) is 115 Å². The summed E-state index contributed by atoms with van der Waals surface area (Å²) in [6, 6.07) is 26.3. The van der Waals surface area contributed by atoms with Crippen molar-refractivity contribution in [1.29, 1.82) is 5.26 Å². The smallest absolute Gasteiger partial charge is 0.184 e. The Morgan fingerprint density at radius 2 is 1.78 bits per heavy atom. The van der Waals surface area contributed by atoms with Crippen molar-refractivity contribution < 1.29 is 4.42 Å². The Balaban J connectivity index is 1.52. The molecule has 178 valence electrons. The normalized spacial score (nSPS) is 16.0. The van der Waals surface area contributed by atoms with Crippen LogP contribution in [0.5, 0.6) is 0 Å². The minimum absolute atomic E-state index is 0.155. The number of hydrazone groups is 1. The summed E-state index contributed by atoms with van der Waals surface area (Å²) in [5, 5.41) is 14.4. The number of nitrogens with zero attached hydrogens (tertiary/aromatic N) is 3. The average molecular weight is 493 g/mol. The number of aromatic amines is 1. The quantitative estimate of drug-likeness (QED) is 0.230. The van der Waals surface area contributed by atoms with Crippen LogP contribution in [0.1, 0.15) is 29.2 Å². The van der Waals surface area contributed by atoms with Gasteiger partial charge in [0.05, 0.1) is 23.2 Å². The fraction of sp³-hybridized carbons (Fsp3) is 0.107. The van der Waals surface area contributed by atoms with E-state index in [-0.39, 0.29) is 11.1 Å². The zero-order chi connectivity index (χ0) is 25.1. The van der Waals surface area contributed by atoms with Gasteiger partial charge in [-0.1, -0.05) is 72.4 Å². The summed E-state index contributed by atoms with van der Waals surface area (Å²) < 4.78 is 5.54. The number of furan rings is 1. The summed E-state index contributed by atoms with van der Waals surface area (Å²) in [6.45, 7) is 4.01. The van der Waals surface area contributed by atoms with E-state index in [0.717, 1.165) is 39.4 Å². The largest absolute Gasteiger partial charge is 0.468 e. The Labute approximate surface area is 213 Å². The molecule has 1 aliphatic rings. The SMILES string of the molecule is C/C(=N\NC1=NC(N)=C(C#N)C(c2ccco2)S1)c1c(C)[nH]c(-c2ccccc2)c1-c1ccccc1. The average Bonchev–Trinajstić information content (AvgIpc) is 3.56. The van der Waals surface area contributed by atoms with E-state index < -0.39 is 0 Å². The highest BCUT2D eigenvalue weighted by Crippen LogP contribution is 2.40. The minimum atomic E-state index is -0.390. The van der Waals surface area contributed by atoms with Gasteiger partial charge in [0.15, 0.2) is 5.17 Å². The maximum Gasteiger partial charge on any atom is 0.184 e. The van der Waals surface area contributed by atoms with Crippen molar-refractivity contribution >= 4 is 22.6 Å². The first kappa shape index (κ1) is 23.3. The lowest BCUT2D eigenvalue weighted by Crippen LogP contribution is -2.23. The molecule has 0 aliphatic carbocycles. The summed E-state index contributed by atoms with van der Waals surface area (Å²) in [5.74, 6) is 0.789. The Bertz CT molecular complexity index is 1510. The molecule has 0 amide bonds. The van der Waals surface area contributed by atoms with E-state index in [1.807, 2.05) is 56.3 Å². The Morgan fingerprint density at radius 1 is 1.08 bits per heavy atom. The number of aromatic nitrogens is 1. The number of nitrogens with one attached hydrogen (secondary N) is 2. The van der Waals surface area contributed by atoms with Gasteiger partial charge in [-0.3, -0.25) is 5.43 Å². The molecule has 0 saturated heterocycles. The maximum absolute atomic E-state index is 9.59. The number of amidine groups is 1. The van der Waals surface area contributed by atoms with Crippen molar-refractivity contribution in [2.45, 2.75) is 19.1 Å². The van der Waals surface area contributed by atoms with Crippen LogP contribution in [0.4, 0.5) is 0 Å². The van der Waals surface area contributed by atoms with Gasteiger partial charge in [0, 0.05) is 16.8 Å². The van der Waals surface area contributed by atoms with E-state index in [4.69, 9.17) is 10.2 Å². The van der Waals surface area contributed by atoms with Crippen molar-refractivity contribution in [2.75, 3.05) is 0 Å². The van der Waals surface area contributed by atoms with Crippen LogP contribution >= 0.6 is 11.8 Å². The summed E-state index contributed by atoms with van der Waals surface area (Å²) >= 11 is 1.34. The lowest BCUT2D eigenvalue weighted by molar-refractivity contribution is 0.517. The molecule has 8 heteroatoms. The van der Waals surface area contributed by atoms with Crippen LogP contribution in [0.3, 0.4) is 0 Å². The Morgan fingerprint density at radius 3 is 2.42 bits per heavy atom. The second-order valence-electron chi connectivity index (χ2n) is 8.26. The maximum atomic E-state index is 9.59. The van der Waals surface area contributed by atoms with Gasteiger partial charge in [0.25, 0.3) is 0 Å². The highest BCUT2D eigenvalue weighted by molar-refractivity contribution is 8.14. The summed E-state index contributed by atoms with van der Waals surface area (Å²) in [6.07, 6.45) is 1.58. The second kappa shape index (κ2) is 10.0. The predicted molar refractivity (Wildman–Crippen MR) is 145 cm³/mol. The number of thioether (sulfide) groups is 1. The van der Waals surface area contributed by atoms with E-state index in [9.17, 15) is 5.26 Å². The molecule has 0 fully saturated rings. The second-order valence-corrected chi connectivity index (χ2v) is 9.35. The van der Waals surface area contributed by atoms with Crippen molar-refractivity contribution in [3.8, 4) is 28.5 Å². The first-order valence-corrected chi connectivity index (χ1v) is 12.3. The van der Waals surface area contributed by atoms with E-state index in [1.165, 1.54) is 11.8 Å². The van der Waals surface area contributed by atoms with E-state index in [1.54, 1.807) is 12.3 Å². The molecule has 5 rings (SSSR count). The molecule has 36 heavy (non-hydrogen) atoms. The Kier molecular flexibility index (Phi) is 6.48. The first-order valence-electron chi connectivity index (χ1n) is 11.4. The summed E-state index contributed by atoms with van der Waals surface area (Å²) in [5.41, 5.74) is 16.7. The van der Waals surface area contributed by atoms with Crippen LogP contribution in [0, 0.1) is 18.3 Å². The molecule has 0 bridgehead atoms. The highest BCUT2D eigenvalue weighted by atomic mass is 32.2. The number of rotatable bonds is 5. The number of H-pyrrole nitrogens is 1. The molecule has 2 aromatic heterocycles. The molecule has 1 aliphatic heterocycles. The molecule has 4 aromatic rings. The third-order valence-electron chi connectivity index (χ3n) is 5.91. The van der Waals surface area contributed by atoms with Crippen molar-refractivity contribution in [2.24, 2.45) is 15.8 Å². The van der Waals surface area contributed by atoms with Gasteiger partial charge in [-0.2, -0.15) is 10.4 Å². The van der Waals surface area contributed by atoms with Gasteiger partial charge in [0.1, 0.15) is 22.9 Å². The lowest BCUT2D eigenvalue weighted by Gasteiger charge is -2.20. The van der Waals surface area contributed by atoms with Crippen LogP contribution < -0.4 is 11.2 Å². The molecule has 1 atom stereocenters. The number of hydrogen-bond donors (Lipinski definition) is 3. The third kappa shape index (κ3) is 4.44. The highest BCUT2D eigenvalue weighted by Gasteiger charge is 2.29. The van der Waals surface area contributed by atoms with Gasteiger partial charge in [0.2, 0.25) is 0 Å². The van der Waals surface area contributed by atoms with Crippen molar-refractivity contribution in [3.05, 3.63) is 107 Å². The van der Waals surface area contributed by atoms with Crippen LogP contribution in [-0.4, -0.2) is 15.9 Å². The number of aliphatic imine (C=N–C) groups is 1. The van der Waals surface area contributed by atoms with Gasteiger partial charge in [-0.05, 0) is 37.1 Å². The predicted octanol–water partition coefficient (Wildman–Crippen LogP) is 6.10. The van der Waals surface area contributed by atoms with Crippen LogP contribution in [0.25, 0.3) is 22.4 Å². The summed E-state index contributed by atoms with van der Waals surface area (Å²) in [4.78, 5) is 7.94. The fourth-order valence-corrected chi connectivity index (χ4v) is 5.30. The number of nitriles is 1. The Hall–Kier alpha value is -4.48. The third-order valence-corrected chi connectivity index (χ3v) is 7.01. The summed E-state index contributed by atoms with van der Waals surface area (Å²) in [7, 11) is 0. The monoisotopic (exact) mass is 492 g/mol. The van der Waals surface area contributed by atoms with Crippen LogP contribution in [0.15, 0.2) is 105 Å². The van der Waals surface area contributed by atoms with Crippen LogP contribution in [-0.2, 0) is 0 Å². The zero-order valence-electron chi connectivity index (χ0n) is 19.8. The zero-order valence-corrected chi connectivity index (χ0v) is 20.6. The molecule has 0 saturated carbocycles. The number of nitrogens with two attached hydrogens (primary N) is 1. The van der Waals surface area contributed by atoms with Gasteiger partial charge in [-0.25, -0.2) is 4.99 Å². The van der Waals surface area contributed by atoms with Crippen molar-refractivity contribution in [1.82, 2.24) is 10.4 Å². The molecular weight excluding hydrogens is 468 g/mol. The number of hydrogen-bond acceptors (Lipinski definition) is 7. The van der Waals surface area contributed by atoms with E-state index in [0.29, 0.717) is 16.5 Å². The molecule has 2 aromatic carbocycles. The van der Waals surface area contributed by atoms with E-state index >= 15 is 0 Å². The number of aryl methyl sites for hydroxylation is 1.